The minimum atomic E-state index is -0.0216. The molecule has 1 saturated carbocycles. The van der Waals surface area contributed by atoms with Gasteiger partial charge in [-0.25, -0.2) is 0 Å². The molecule has 5 nitrogen and oxygen atoms in total. The Labute approximate surface area is 103 Å². The van der Waals surface area contributed by atoms with Crippen molar-refractivity contribution in [3.8, 4) is 0 Å². The van der Waals surface area contributed by atoms with Crippen LogP contribution in [0.25, 0.3) is 0 Å². The van der Waals surface area contributed by atoms with Crippen molar-refractivity contribution in [2.24, 2.45) is 7.05 Å². The molecule has 96 valence electrons. The molecule has 0 saturated heterocycles. The summed E-state index contributed by atoms with van der Waals surface area (Å²) in [5, 5.41) is 11.5. The molecule has 17 heavy (non-hydrogen) atoms. The summed E-state index contributed by atoms with van der Waals surface area (Å²) in [5.74, 6) is 0. The number of methoxy groups -OCH3 is 1. The van der Waals surface area contributed by atoms with E-state index in [2.05, 4.69) is 15.6 Å². The van der Waals surface area contributed by atoms with Gasteiger partial charge in [-0.2, -0.15) is 0 Å². The zero-order valence-electron chi connectivity index (χ0n) is 10.9. The number of aryl methyl sites for hydroxylation is 1. The molecule has 0 radical (unpaired) electrons. The van der Waals surface area contributed by atoms with Crippen LogP contribution in [0.3, 0.4) is 0 Å². The van der Waals surface area contributed by atoms with Gasteiger partial charge in [-0.05, 0) is 19.9 Å². The average Bonchev–Trinajstić information content (AvgIpc) is 2.95. The summed E-state index contributed by atoms with van der Waals surface area (Å²) in [4.78, 5) is 0. The molecule has 0 amide bonds. The normalized spacial score (nSPS) is 20.6. The molecule has 1 fully saturated rings. The highest BCUT2D eigenvalue weighted by molar-refractivity contribution is 5.04. The first kappa shape index (κ1) is 12.5. The van der Waals surface area contributed by atoms with E-state index < -0.39 is 0 Å². The third-order valence-corrected chi connectivity index (χ3v) is 3.90. The lowest BCUT2D eigenvalue weighted by molar-refractivity contribution is -0.0338. The fourth-order valence-electron chi connectivity index (χ4n) is 2.92. The van der Waals surface area contributed by atoms with Crippen LogP contribution in [-0.4, -0.2) is 40.8 Å². The summed E-state index contributed by atoms with van der Waals surface area (Å²) in [6.07, 6.45) is 7.63. The second-order valence-corrected chi connectivity index (χ2v) is 4.90. The molecular formula is C12H22N4O. The molecule has 5 heteroatoms. The molecule has 1 N–H and O–H groups in total. The maximum absolute atomic E-state index is 5.81. The molecule has 1 aromatic rings. The van der Waals surface area contributed by atoms with Crippen LogP contribution in [0.2, 0.25) is 0 Å². The average molecular weight is 238 g/mol. The lowest BCUT2D eigenvalue weighted by Crippen LogP contribution is -2.50. The van der Waals surface area contributed by atoms with Crippen molar-refractivity contribution in [3.63, 3.8) is 0 Å². The van der Waals surface area contributed by atoms with Crippen molar-refractivity contribution in [3.05, 3.63) is 11.9 Å². The molecule has 0 aromatic carbocycles. The molecule has 0 bridgehead atoms. The SMILES string of the molecule is CNC(Cc1cn(C)nn1)C1(OC)CCCC1. The Hall–Kier alpha value is -0.940. The maximum atomic E-state index is 5.81. The Balaban J connectivity index is 2.10. The van der Waals surface area contributed by atoms with E-state index in [0.717, 1.165) is 25.0 Å². The highest BCUT2D eigenvalue weighted by Crippen LogP contribution is 2.36. The van der Waals surface area contributed by atoms with E-state index in [9.17, 15) is 0 Å². The lowest BCUT2D eigenvalue weighted by Gasteiger charge is -2.36. The van der Waals surface area contributed by atoms with Crippen LogP contribution in [0, 0.1) is 0 Å². The largest absolute Gasteiger partial charge is 0.377 e. The molecule has 1 aliphatic rings. The van der Waals surface area contributed by atoms with Crippen LogP contribution < -0.4 is 5.32 Å². The van der Waals surface area contributed by atoms with Crippen molar-refractivity contribution in [2.45, 2.75) is 43.7 Å². The quantitative estimate of drug-likeness (QED) is 0.828. The highest BCUT2D eigenvalue weighted by Gasteiger charge is 2.41. The highest BCUT2D eigenvalue weighted by atomic mass is 16.5. The number of hydrogen-bond donors (Lipinski definition) is 1. The van der Waals surface area contributed by atoms with E-state index in [1.54, 1.807) is 4.68 Å². The van der Waals surface area contributed by atoms with E-state index in [1.807, 2.05) is 27.4 Å². The fraction of sp³-hybridized carbons (Fsp3) is 0.833. The van der Waals surface area contributed by atoms with E-state index in [0.29, 0.717) is 6.04 Å². The molecule has 0 aliphatic heterocycles. The minimum absolute atomic E-state index is 0.0216. The Kier molecular flexibility index (Phi) is 3.79. The molecular weight excluding hydrogens is 216 g/mol. The van der Waals surface area contributed by atoms with Gasteiger partial charge in [0.25, 0.3) is 0 Å². The number of hydrogen-bond acceptors (Lipinski definition) is 4. The second kappa shape index (κ2) is 5.14. The summed E-state index contributed by atoms with van der Waals surface area (Å²) in [5.41, 5.74) is 1.00. The van der Waals surface area contributed by atoms with Crippen LogP contribution in [0.1, 0.15) is 31.4 Å². The molecule has 1 unspecified atom stereocenters. The van der Waals surface area contributed by atoms with E-state index in [1.165, 1.54) is 12.8 Å². The zero-order valence-corrected chi connectivity index (χ0v) is 10.9. The third kappa shape index (κ3) is 2.50. The van der Waals surface area contributed by atoms with Crippen LogP contribution in [0.15, 0.2) is 6.20 Å². The summed E-state index contributed by atoms with van der Waals surface area (Å²) < 4.78 is 7.56. The summed E-state index contributed by atoms with van der Waals surface area (Å²) >= 11 is 0. The van der Waals surface area contributed by atoms with Crippen molar-refractivity contribution in [1.82, 2.24) is 20.3 Å². The smallest absolute Gasteiger partial charge is 0.0843 e. The van der Waals surface area contributed by atoms with Gasteiger partial charge in [0.2, 0.25) is 0 Å². The first-order valence-electron chi connectivity index (χ1n) is 6.28. The summed E-state index contributed by atoms with van der Waals surface area (Å²) in [7, 11) is 5.72. The van der Waals surface area contributed by atoms with Crippen molar-refractivity contribution in [2.75, 3.05) is 14.2 Å². The Morgan fingerprint density at radius 1 is 1.53 bits per heavy atom. The van der Waals surface area contributed by atoms with Crippen LogP contribution in [-0.2, 0) is 18.2 Å². The first-order chi connectivity index (χ1) is 8.20. The molecule has 1 atom stereocenters. The van der Waals surface area contributed by atoms with E-state index in [-0.39, 0.29) is 5.60 Å². The van der Waals surface area contributed by atoms with Crippen LogP contribution in [0.5, 0.6) is 0 Å². The molecule has 2 rings (SSSR count). The molecule has 1 aliphatic carbocycles. The predicted molar refractivity (Wildman–Crippen MR) is 65.8 cm³/mol. The van der Waals surface area contributed by atoms with Crippen LogP contribution >= 0.6 is 0 Å². The van der Waals surface area contributed by atoms with Gasteiger partial charge in [0.05, 0.1) is 11.3 Å². The fourth-order valence-corrected chi connectivity index (χ4v) is 2.92. The lowest BCUT2D eigenvalue weighted by atomic mass is 9.89. The monoisotopic (exact) mass is 238 g/mol. The number of nitrogens with zero attached hydrogens (tertiary/aromatic N) is 3. The van der Waals surface area contributed by atoms with Gasteiger partial charge in [-0.3, -0.25) is 4.68 Å². The van der Waals surface area contributed by atoms with Crippen molar-refractivity contribution in [1.29, 1.82) is 0 Å². The number of aromatic nitrogens is 3. The van der Waals surface area contributed by atoms with E-state index in [4.69, 9.17) is 4.74 Å². The van der Waals surface area contributed by atoms with Gasteiger partial charge in [0.1, 0.15) is 0 Å². The maximum Gasteiger partial charge on any atom is 0.0843 e. The number of rotatable bonds is 5. The van der Waals surface area contributed by atoms with Gasteiger partial charge in [0.15, 0.2) is 0 Å². The first-order valence-corrected chi connectivity index (χ1v) is 6.28. The zero-order chi connectivity index (χ0) is 12.3. The van der Waals surface area contributed by atoms with Gasteiger partial charge >= 0.3 is 0 Å². The molecule has 1 heterocycles. The van der Waals surface area contributed by atoms with Gasteiger partial charge in [0, 0.05) is 32.8 Å². The number of nitrogens with one attached hydrogen (secondary N) is 1. The topological polar surface area (TPSA) is 52.0 Å². The van der Waals surface area contributed by atoms with Gasteiger partial charge in [-0.15, -0.1) is 5.10 Å². The third-order valence-electron chi connectivity index (χ3n) is 3.90. The van der Waals surface area contributed by atoms with Crippen molar-refractivity contribution < 1.29 is 4.74 Å². The predicted octanol–water partition coefficient (Wildman–Crippen LogP) is 0.905. The van der Waals surface area contributed by atoms with Crippen LogP contribution in [0.4, 0.5) is 0 Å². The Morgan fingerprint density at radius 2 is 2.24 bits per heavy atom. The summed E-state index contributed by atoms with van der Waals surface area (Å²) in [6, 6.07) is 0.312. The van der Waals surface area contributed by atoms with E-state index >= 15 is 0 Å². The molecule has 1 aromatic heterocycles. The van der Waals surface area contributed by atoms with Crippen molar-refractivity contribution >= 4 is 0 Å². The summed E-state index contributed by atoms with van der Waals surface area (Å²) in [6.45, 7) is 0. The number of likely N-dealkylation sites (N-methyl/N-ethyl adjacent to an activating group) is 1. The van der Waals surface area contributed by atoms with Gasteiger partial charge < -0.3 is 10.1 Å². The second-order valence-electron chi connectivity index (χ2n) is 4.90. The standard InChI is InChI=1S/C12H22N4O/c1-13-11(8-10-9-16(2)15-14-10)12(17-3)6-4-5-7-12/h9,11,13H,4-8H2,1-3H3. The Bertz CT molecular complexity index is 357. The minimum Gasteiger partial charge on any atom is -0.377 e. The number of ether oxygens (including phenoxy) is 1. The van der Waals surface area contributed by atoms with Gasteiger partial charge in [-0.1, -0.05) is 18.1 Å². The molecule has 0 spiro atoms. The Morgan fingerprint density at radius 3 is 2.71 bits per heavy atom.